The third-order valence-electron chi connectivity index (χ3n) is 11.1. The Morgan fingerprint density at radius 2 is 1.81 bits per heavy atom. The summed E-state index contributed by atoms with van der Waals surface area (Å²) in [7, 11) is 0. The molecule has 174 valence electrons. The van der Waals surface area contributed by atoms with Crippen molar-refractivity contribution in [2.45, 2.75) is 126 Å². The van der Waals surface area contributed by atoms with Crippen molar-refractivity contribution < 1.29 is 0 Å². The van der Waals surface area contributed by atoms with Crippen molar-refractivity contribution in [2.24, 2.45) is 34.0 Å². The van der Waals surface area contributed by atoms with Gasteiger partial charge in [0.05, 0.1) is 0 Å². The Kier molecular flexibility index (Phi) is 6.44. The van der Waals surface area contributed by atoms with Crippen molar-refractivity contribution in [3.05, 3.63) is 34.4 Å². The molecule has 0 spiro atoms. The quantitative estimate of drug-likeness (QED) is 0.373. The van der Waals surface area contributed by atoms with Gasteiger partial charge in [-0.05, 0) is 117 Å². The Bertz CT molecular complexity index is 768. The molecule has 31 heavy (non-hydrogen) atoms. The molecule has 0 radical (unpaired) electrons. The second kappa shape index (κ2) is 8.53. The molecular weight excluding hydrogens is 372 g/mol. The maximum atomic E-state index is 2.72. The van der Waals surface area contributed by atoms with Crippen molar-refractivity contribution in [3.63, 3.8) is 0 Å². The number of hydrogen-bond donors (Lipinski definition) is 0. The van der Waals surface area contributed by atoms with E-state index in [4.69, 9.17) is 0 Å². The van der Waals surface area contributed by atoms with E-state index in [0.717, 1.165) is 17.8 Å². The first kappa shape index (κ1) is 23.4. The van der Waals surface area contributed by atoms with E-state index >= 15 is 0 Å². The molecule has 0 aromatic heterocycles. The van der Waals surface area contributed by atoms with Gasteiger partial charge in [0.1, 0.15) is 0 Å². The Morgan fingerprint density at radius 1 is 1.06 bits per heavy atom. The molecule has 4 aliphatic carbocycles. The lowest BCUT2D eigenvalue weighted by molar-refractivity contribution is -0.0245. The maximum absolute atomic E-state index is 2.72. The summed E-state index contributed by atoms with van der Waals surface area (Å²) in [6.07, 6.45) is 21.9. The second-order valence-corrected chi connectivity index (χ2v) is 12.6. The molecule has 5 atom stereocenters. The van der Waals surface area contributed by atoms with Crippen LogP contribution in [-0.2, 0) is 0 Å². The highest BCUT2D eigenvalue weighted by Gasteiger charge is 2.56. The molecule has 1 fully saturated rings. The zero-order valence-electron chi connectivity index (χ0n) is 21.9. The summed E-state index contributed by atoms with van der Waals surface area (Å²) in [5.41, 5.74) is 8.60. The number of rotatable bonds is 6. The molecule has 0 bridgehead atoms. The van der Waals surface area contributed by atoms with Crippen LogP contribution in [0.4, 0.5) is 0 Å². The topological polar surface area (TPSA) is 0 Å². The fourth-order valence-corrected chi connectivity index (χ4v) is 9.24. The Hall–Kier alpha value is -0.780. The van der Waals surface area contributed by atoms with Crippen LogP contribution in [0.3, 0.4) is 0 Å². The van der Waals surface area contributed by atoms with Crippen LogP contribution in [0.1, 0.15) is 126 Å². The van der Waals surface area contributed by atoms with Gasteiger partial charge < -0.3 is 0 Å². The van der Waals surface area contributed by atoms with Crippen molar-refractivity contribution in [1.82, 2.24) is 0 Å². The van der Waals surface area contributed by atoms with Crippen LogP contribution in [0.5, 0.6) is 0 Å². The molecule has 0 aromatic rings. The van der Waals surface area contributed by atoms with Gasteiger partial charge in [0.25, 0.3) is 0 Å². The molecular formula is C31H50. The molecule has 0 aliphatic heterocycles. The van der Waals surface area contributed by atoms with Gasteiger partial charge in [-0.1, -0.05) is 77.2 Å². The zero-order valence-corrected chi connectivity index (χ0v) is 21.9. The standard InChI is InChI=1S/C31H50/c1-8-31(9-2)20-11-19-30(7)27-18-21-29(6)25(23(5)13-10-12-22(3)4)15-16-26(29)24(27)14-17-28(30)31/h12,16,23,25,28H,8-11,13-15,17-21H2,1-7H3/t23-,25-,28?,29-,30-/m1/s1. The molecule has 0 saturated heterocycles. The minimum Gasteiger partial charge on any atom is -0.0859 e. The molecule has 0 aromatic carbocycles. The molecule has 0 N–H and O–H groups in total. The van der Waals surface area contributed by atoms with Crippen LogP contribution in [-0.4, -0.2) is 0 Å². The molecule has 4 aliphatic rings. The Labute approximate surface area is 194 Å². The normalized spacial score (nSPS) is 37.5. The number of fused-ring (bicyclic) bond motifs is 4. The lowest BCUT2D eigenvalue weighted by atomic mass is 9.45. The fraction of sp³-hybridized carbons (Fsp3) is 0.806. The fourth-order valence-electron chi connectivity index (χ4n) is 9.24. The third-order valence-corrected chi connectivity index (χ3v) is 11.1. The van der Waals surface area contributed by atoms with Gasteiger partial charge >= 0.3 is 0 Å². The third kappa shape index (κ3) is 3.63. The van der Waals surface area contributed by atoms with Gasteiger partial charge in [-0.3, -0.25) is 0 Å². The molecule has 0 amide bonds. The number of allylic oxidation sites excluding steroid dienone is 6. The van der Waals surface area contributed by atoms with Crippen LogP contribution in [0.15, 0.2) is 34.4 Å². The smallest absolute Gasteiger partial charge is 0.00389 e. The van der Waals surface area contributed by atoms with Crippen LogP contribution in [0, 0.1) is 34.0 Å². The minimum atomic E-state index is 0.438. The van der Waals surface area contributed by atoms with Crippen LogP contribution in [0.25, 0.3) is 0 Å². The molecule has 1 saturated carbocycles. The highest BCUT2D eigenvalue weighted by atomic mass is 14.6. The largest absolute Gasteiger partial charge is 0.0859 e. The van der Waals surface area contributed by atoms with Crippen molar-refractivity contribution >= 4 is 0 Å². The van der Waals surface area contributed by atoms with Gasteiger partial charge in [-0.2, -0.15) is 0 Å². The van der Waals surface area contributed by atoms with Crippen LogP contribution >= 0.6 is 0 Å². The summed E-state index contributed by atoms with van der Waals surface area (Å²) >= 11 is 0. The van der Waals surface area contributed by atoms with E-state index in [9.17, 15) is 0 Å². The summed E-state index contributed by atoms with van der Waals surface area (Å²) in [5.74, 6) is 2.60. The van der Waals surface area contributed by atoms with Crippen molar-refractivity contribution in [1.29, 1.82) is 0 Å². The molecule has 4 rings (SSSR count). The highest BCUT2D eigenvalue weighted by Crippen LogP contribution is 2.67. The SMILES string of the molecule is CCC1(CC)CCC[C@]2(C)C3=C(CCC12)C1=CC[C@H]([C@H](C)CCC=C(C)C)[C@@]1(C)CC3. The molecule has 0 heteroatoms. The molecule has 1 unspecified atom stereocenters. The van der Waals surface area contributed by atoms with E-state index in [1.54, 1.807) is 0 Å². The predicted molar refractivity (Wildman–Crippen MR) is 136 cm³/mol. The minimum absolute atomic E-state index is 0.438. The van der Waals surface area contributed by atoms with E-state index in [2.05, 4.69) is 60.6 Å². The van der Waals surface area contributed by atoms with E-state index in [0.29, 0.717) is 16.2 Å². The first-order valence-electron chi connectivity index (χ1n) is 13.8. The highest BCUT2D eigenvalue weighted by molar-refractivity contribution is 5.49. The summed E-state index contributed by atoms with van der Waals surface area (Å²) in [6.45, 7) is 17.3. The van der Waals surface area contributed by atoms with Gasteiger partial charge in [-0.15, -0.1) is 0 Å². The zero-order chi connectivity index (χ0) is 22.4. The Balaban J connectivity index is 1.61. The maximum Gasteiger partial charge on any atom is -0.00389 e. The van der Waals surface area contributed by atoms with Gasteiger partial charge in [0.2, 0.25) is 0 Å². The second-order valence-electron chi connectivity index (χ2n) is 12.6. The first-order chi connectivity index (χ1) is 14.7. The van der Waals surface area contributed by atoms with Gasteiger partial charge in [0.15, 0.2) is 0 Å². The van der Waals surface area contributed by atoms with E-state index in [-0.39, 0.29) is 0 Å². The summed E-state index contributed by atoms with van der Waals surface area (Å²) in [4.78, 5) is 0. The van der Waals surface area contributed by atoms with Gasteiger partial charge in [0, 0.05) is 0 Å². The van der Waals surface area contributed by atoms with Gasteiger partial charge in [-0.25, -0.2) is 0 Å². The van der Waals surface area contributed by atoms with E-state index < -0.39 is 0 Å². The molecule has 0 heterocycles. The van der Waals surface area contributed by atoms with Crippen LogP contribution < -0.4 is 0 Å². The average molecular weight is 423 g/mol. The lowest BCUT2D eigenvalue weighted by Crippen LogP contribution is -2.49. The first-order valence-corrected chi connectivity index (χ1v) is 13.8. The Morgan fingerprint density at radius 3 is 2.48 bits per heavy atom. The van der Waals surface area contributed by atoms with Crippen molar-refractivity contribution in [3.8, 4) is 0 Å². The lowest BCUT2D eigenvalue weighted by Gasteiger charge is -2.59. The summed E-state index contributed by atoms with van der Waals surface area (Å²) < 4.78 is 0. The number of hydrogen-bond acceptors (Lipinski definition) is 0. The van der Waals surface area contributed by atoms with E-state index in [1.165, 1.54) is 82.6 Å². The van der Waals surface area contributed by atoms with Crippen LogP contribution in [0.2, 0.25) is 0 Å². The summed E-state index contributed by atoms with van der Waals surface area (Å²) in [6, 6.07) is 0. The van der Waals surface area contributed by atoms with E-state index in [1.807, 2.05) is 16.7 Å². The monoisotopic (exact) mass is 422 g/mol. The predicted octanol–water partition coefficient (Wildman–Crippen LogP) is 9.82. The average Bonchev–Trinajstić information content (AvgIpc) is 3.09. The van der Waals surface area contributed by atoms with Crippen molar-refractivity contribution in [2.75, 3.05) is 0 Å². The summed E-state index contributed by atoms with van der Waals surface area (Å²) in [5, 5.41) is 0. The molecule has 0 nitrogen and oxygen atoms in total.